The fourth-order valence-electron chi connectivity index (χ4n) is 1.91. The molecule has 0 atom stereocenters. The number of halogens is 2. The van der Waals surface area contributed by atoms with Crippen molar-refractivity contribution < 1.29 is 19.1 Å². The maximum absolute atomic E-state index is 12.1. The summed E-state index contributed by atoms with van der Waals surface area (Å²) in [5.74, 6) is 0.186. The average Bonchev–Trinajstić information content (AvgIpc) is 2.60. The van der Waals surface area contributed by atoms with Gasteiger partial charge in [0.25, 0.3) is 11.8 Å². The predicted octanol–water partition coefficient (Wildman–Crippen LogP) is 3.73. The van der Waals surface area contributed by atoms with Gasteiger partial charge in [0.05, 0.1) is 10.6 Å². The highest BCUT2D eigenvalue weighted by atomic mass is 79.9. The first kappa shape index (κ1) is 20.1. The minimum Gasteiger partial charge on any atom is -0.490 e. The van der Waals surface area contributed by atoms with Gasteiger partial charge < -0.3 is 9.47 Å². The van der Waals surface area contributed by atoms with Crippen molar-refractivity contribution in [3.63, 3.8) is 0 Å². The highest BCUT2D eigenvalue weighted by Gasteiger charge is 2.11. The molecule has 0 bridgehead atoms. The number of amides is 2. The molecule has 0 aliphatic heterocycles. The SMILES string of the molecule is CC(C)Oc1ccc(C(=O)NNC(=O)COc2ccc(Cl)cc2)cc1Br. The van der Waals surface area contributed by atoms with Crippen LogP contribution in [-0.4, -0.2) is 24.5 Å². The first-order valence-corrected chi connectivity index (χ1v) is 8.96. The molecule has 0 unspecified atom stereocenters. The van der Waals surface area contributed by atoms with Gasteiger partial charge in [-0.1, -0.05) is 11.6 Å². The summed E-state index contributed by atoms with van der Waals surface area (Å²) in [5, 5.41) is 0.574. The fraction of sp³-hybridized carbons (Fsp3) is 0.222. The van der Waals surface area contributed by atoms with Crippen LogP contribution in [0.3, 0.4) is 0 Å². The number of hydrogen-bond acceptors (Lipinski definition) is 4. The van der Waals surface area contributed by atoms with Crippen LogP contribution in [0.1, 0.15) is 24.2 Å². The Labute approximate surface area is 164 Å². The van der Waals surface area contributed by atoms with Gasteiger partial charge in [-0.05, 0) is 72.2 Å². The lowest BCUT2D eigenvalue weighted by molar-refractivity contribution is -0.123. The molecule has 138 valence electrons. The Morgan fingerprint density at radius 1 is 1.12 bits per heavy atom. The van der Waals surface area contributed by atoms with Crippen LogP contribution in [0.25, 0.3) is 0 Å². The summed E-state index contributed by atoms with van der Waals surface area (Å²) in [7, 11) is 0. The molecule has 0 fully saturated rings. The molecule has 0 aliphatic rings. The van der Waals surface area contributed by atoms with Crippen molar-refractivity contribution in [1.82, 2.24) is 10.9 Å². The number of hydrogen-bond donors (Lipinski definition) is 2. The van der Waals surface area contributed by atoms with Crippen molar-refractivity contribution in [2.24, 2.45) is 0 Å². The summed E-state index contributed by atoms with van der Waals surface area (Å²) >= 11 is 9.13. The van der Waals surface area contributed by atoms with E-state index in [1.807, 2.05) is 13.8 Å². The van der Waals surface area contributed by atoms with E-state index in [0.29, 0.717) is 26.6 Å². The fourth-order valence-corrected chi connectivity index (χ4v) is 2.50. The van der Waals surface area contributed by atoms with Gasteiger partial charge >= 0.3 is 0 Å². The summed E-state index contributed by atoms with van der Waals surface area (Å²) in [6.07, 6.45) is 0.0194. The van der Waals surface area contributed by atoms with Crippen molar-refractivity contribution in [1.29, 1.82) is 0 Å². The third kappa shape index (κ3) is 6.24. The second kappa shape index (κ2) is 9.45. The van der Waals surface area contributed by atoms with E-state index in [1.165, 1.54) is 0 Å². The van der Waals surface area contributed by atoms with Crippen LogP contribution in [0, 0.1) is 0 Å². The van der Waals surface area contributed by atoms with E-state index in [0.717, 1.165) is 0 Å². The van der Waals surface area contributed by atoms with Gasteiger partial charge in [-0.3, -0.25) is 20.4 Å². The van der Waals surface area contributed by atoms with Crippen molar-refractivity contribution in [3.05, 3.63) is 57.5 Å². The second-order valence-corrected chi connectivity index (χ2v) is 6.85. The van der Waals surface area contributed by atoms with Gasteiger partial charge in [-0.2, -0.15) is 0 Å². The molecule has 0 spiro atoms. The Morgan fingerprint density at radius 3 is 2.42 bits per heavy atom. The monoisotopic (exact) mass is 440 g/mol. The molecule has 8 heteroatoms. The molecule has 2 aromatic carbocycles. The van der Waals surface area contributed by atoms with Crippen LogP contribution >= 0.6 is 27.5 Å². The Hall–Kier alpha value is -2.25. The quantitative estimate of drug-likeness (QED) is 0.670. The number of carbonyl (C=O) groups is 2. The zero-order valence-electron chi connectivity index (χ0n) is 14.2. The van der Waals surface area contributed by atoms with Crippen LogP contribution in [0.2, 0.25) is 5.02 Å². The molecule has 6 nitrogen and oxygen atoms in total. The third-order valence-corrected chi connectivity index (χ3v) is 3.93. The number of rotatable bonds is 6. The maximum atomic E-state index is 12.1. The molecule has 0 aromatic heterocycles. The van der Waals surface area contributed by atoms with E-state index in [2.05, 4.69) is 26.8 Å². The predicted molar refractivity (Wildman–Crippen MR) is 102 cm³/mol. The molecule has 2 N–H and O–H groups in total. The second-order valence-electron chi connectivity index (χ2n) is 5.56. The molecule has 0 saturated heterocycles. The first-order valence-electron chi connectivity index (χ1n) is 7.79. The van der Waals surface area contributed by atoms with Gasteiger partial charge in [0, 0.05) is 10.6 Å². The highest BCUT2D eigenvalue weighted by molar-refractivity contribution is 9.10. The number of hydrazine groups is 1. The van der Waals surface area contributed by atoms with E-state index in [4.69, 9.17) is 21.1 Å². The number of ether oxygens (including phenoxy) is 2. The van der Waals surface area contributed by atoms with E-state index in [9.17, 15) is 9.59 Å². The van der Waals surface area contributed by atoms with E-state index in [-0.39, 0.29) is 12.7 Å². The summed E-state index contributed by atoms with van der Waals surface area (Å²) in [4.78, 5) is 23.9. The van der Waals surface area contributed by atoms with Crippen LogP contribution in [0.4, 0.5) is 0 Å². The van der Waals surface area contributed by atoms with E-state index >= 15 is 0 Å². The zero-order chi connectivity index (χ0) is 19.1. The van der Waals surface area contributed by atoms with Gasteiger partial charge in [0.2, 0.25) is 0 Å². The lowest BCUT2D eigenvalue weighted by atomic mass is 10.2. The van der Waals surface area contributed by atoms with Crippen LogP contribution < -0.4 is 20.3 Å². The smallest absolute Gasteiger partial charge is 0.276 e. The van der Waals surface area contributed by atoms with Crippen molar-refractivity contribution in [2.75, 3.05) is 6.61 Å². The highest BCUT2D eigenvalue weighted by Crippen LogP contribution is 2.26. The molecule has 2 aromatic rings. The van der Waals surface area contributed by atoms with Gasteiger partial charge in [0.15, 0.2) is 6.61 Å². The minimum absolute atomic E-state index is 0.0194. The Bertz CT molecular complexity index is 781. The molecule has 2 amide bonds. The van der Waals surface area contributed by atoms with Crippen molar-refractivity contribution >= 4 is 39.3 Å². The Balaban J connectivity index is 1.82. The molecular formula is C18H18BrClN2O4. The minimum atomic E-state index is -0.493. The molecule has 26 heavy (non-hydrogen) atoms. The van der Waals surface area contributed by atoms with Gasteiger partial charge in [-0.15, -0.1) is 0 Å². The summed E-state index contributed by atoms with van der Waals surface area (Å²) in [5.41, 5.74) is 4.99. The molecule has 0 radical (unpaired) electrons. The van der Waals surface area contributed by atoms with Crippen LogP contribution in [0.15, 0.2) is 46.9 Å². The summed E-state index contributed by atoms with van der Waals surface area (Å²) in [6, 6.07) is 11.5. The number of carbonyl (C=O) groups excluding carboxylic acids is 2. The topological polar surface area (TPSA) is 76.7 Å². The largest absolute Gasteiger partial charge is 0.490 e. The average molecular weight is 442 g/mol. The standard InChI is InChI=1S/C18H18BrClN2O4/c1-11(2)26-16-8-3-12(9-15(16)19)18(24)22-21-17(23)10-25-14-6-4-13(20)5-7-14/h3-9,11H,10H2,1-2H3,(H,21,23)(H,22,24). The third-order valence-electron chi connectivity index (χ3n) is 3.06. The molecular weight excluding hydrogens is 424 g/mol. The van der Waals surface area contributed by atoms with Gasteiger partial charge in [0.1, 0.15) is 11.5 Å². The number of nitrogens with one attached hydrogen (secondary N) is 2. The van der Waals surface area contributed by atoms with Crippen molar-refractivity contribution in [3.8, 4) is 11.5 Å². The Morgan fingerprint density at radius 2 is 1.81 bits per heavy atom. The summed E-state index contributed by atoms with van der Waals surface area (Å²) < 4.78 is 11.5. The lowest BCUT2D eigenvalue weighted by Gasteiger charge is -2.13. The van der Waals surface area contributed by atoms with E-state index < -0.39 is 11.8 Å². The van der Waals surface area contributed by atoms with Crippen LogP contribution in [0.5, 0.6) is 11.5 Å². The van der Waals surface area contributed by atoms with Gasteiger partial charge in [-0.25, -0.2) is 0 Å². The molecule has 0 aliphatic carbocycles. The summed E-state index contributed by atoms with van der Waals surface area (Å²) in [6.45, 7) is 3.58. The van der Waals surface area contributed by atoms with E-state index in [1.54, 1.807) is 42.5 Å². The lowest BCUT2D eigenvalue weighted by Crippen LogP contribution is -2.43. The Kier molecular flexibility index (Phi) is 7.29. The number of benzene rings is 2. The molecule has 0 saturated carbocycles. The maximum Gasteiger partial charge on any atom is 0.276 e. The molecule has 0 heterocycles. The van der Waals surface area contributed by atoms with Crippen LogP contribution in [-0.2, 0) is 4.79 Å². The molecule has 2 rings (SSSR count). The first-order chi connectivity index (χ1) is 12.3. The normalized spacial score (nSPS) is 10.3. The zero-order valence-corrected chi connectivity index (χ0v) is 16.6. The van der Waals surface area contributed by atoms with Crippen molar-refractivity contribution in [2.45, 2.75) is 20.0 Å².